The predicted octanol–water partition coefficient (Wildman–Crippen LogP) is 1.03. The number of nitrogens with one attached hydrogen (secondary N) is 1. The van der Waals surface area contributed by atoms with Crippen molar-refractivity contribution < 1.29 is 14.7 Å². The van der Waals surface area contributed by atoms with Gasteiger partial charge < -0.3 is 15.3 Å². The second kappa shape index (κ2) is 6.52. The molecule has 0 aromatic carbocycles. The molecule has 0 bridgehead atoms. The van der Waals surface area contributed by atoms with Crippen LogP contribution in [0.25, 0.3) is 0 Å². The highest BCUT2D eigenvalue weighted by atomic mass is 16.4. The van der Waals surface area contributed by atoms with Gasteiger partial charge in [-0.15, -0.1) is 6.58 Å². The molecule has 1 aliphatic rings. The van der Waals surface area contributed by atoms with Crippen LogP contribution in [0, 0.1) is 5.92 Å². The minimum atomic E-state index is -0.969. The maximum Gasteiger partial charge on any atom is 0.331 e. The summed E-state index contributed by atoms with van der Waals surface area (Å²) in [5.74, 6) is -1.39. The van der Waals surface area contributed by atoms with E-state index in [9.17, 15) is 14.7 Å². The van der Waals surface area contributed by atoms with E-state index in [1.807, 2.05) is 25.9 Å². The summed E-state index contributed by atoms with van der Waals surface area (Å²) in [6, 6.07) is -0.0973. The van der Waals surface area contributed by atoms with Crippen LogP contribution in [0.5, 0.6) is 0 Å². The number of likely N-dealkylation sites (N-methyl/N-ethyl adjacent to an activating group) is 1. The summed E-state index contributed by atoms with van der Waals surface area (Å²) in [5, 5.41) is 12.2. The Labute approximate surface area is 114 Å². The summed E-state index contributed by atoms with van der Waals surface area (Å²) in [7, 11) is 3.76. The van der Waals surface area contributed by atoms with Crippen molar-refractivity contribution in [3.63, 3.8) is 0 Å². The average Bonchev–Trinajstić information content (AvgIpc) is 2.74. The molecule has 1 fully saturated rings. The molecule has 1 rings (SSSR count). The summed E-state index contributed by atoms with van der Waals surface area (Å²) in [5.41, 5.74) is 0.991. The lowest BCUT2D eigenvalue weighted by Gasteiger charge is -2.28. The lowest BCUT2D eigenvalue weighted by Crippen LogP contribution is -2.34. The summed E-state index contributed by atoms with van der Waals surface area (Å²) >= 11 is 0. The lowest BCUT2D eigenvalue weighted by molar-refractivity contribution is -0.132. The molecule has 0 radical (unpaired) electrons. The molecule has 1 amide bonds. The highest BCUT2D eigenvalue weighted by molar-refractivity contribution is 5.92. The second-order valence-electron chi connectivity index (χ2n) is 5.00. The van der Waals surface area contributed by atoms with Crippen molar-refractivity contribution in [3.05, 3.63) is 23.8 Å². The zero-order chi connectivity index (χ0) is 14.6. The summed E-state index contributed by atoms with van der Waals surface area (Å²) < 4.78 is 0. The summed E-state index contributed by atoms with van der Waals surface area (Å²) in [6.45, 7) is 6.13. The molecular formula is C14H22N2O3. The van der Waals surface area contributed by atoms with Gasteiger partial charge in [0.05, 0.1) is 5.92 Å². The van der Waals surface area contributed by atoms with Crippen molar-refractivity contribution in [3.8, 4) is 0 Å². The van der Waals surface area contributed by atoms with Gasteiger partial charge in [-0.2, -0.15) is 0 Å². The molecule has 0 aromatic heterocycles. The van der Waals surface area contributed by atoms with Gasteiger partial charge in [0.15, 0.2) is 0 Å². The van der Waals surface area contributed by atoms with Gasteiger partial charge in [-0.05, 0) is 39.4 Å². The van der Waals surface area contributed by atoms with Crippen molar-refractivity contribution in [2.75, 3.05) is 20.6 Å². The number of allylic oxidation sites excluding steroid dienone is 1. The molecule has 0 aliphatic carbocycles. The number of amides is 1. The Balaban J connectivity index is 3.30. The first kappa shape index (κ1) is 15.4. The summed E-state index contributed by atoms with van der Waals surface area (Å²) in [6.07, 6.45) is 2.49. The number of carboxylic acid groups (broad SMARTS) is 1. The first-order valence-electron chi connectivity index (χ1n) is 6.41. The maximum atomic E-state index is 11.9. The molecule has 0 saturated carbocycles. The van der Waals surface area contributed by atoms with Gasteiger partial charge in [-0.3, -0.25) is 4.79 Å². The van der Waals surface area contributed by atoms with E-state index in [2.05, 4.69) is 11.9 Å². The topological polar surface area (TPSA) is 69.6 Å². The molecule has 2 unspecified atom stereocenters. The predicted molar refractivity (Wildman–Crippen MR) is 73.7 cm³/mol. The van der Waals surface area contributed by atoms with Crippen molar-refractivity contribution in [2.45, 2.75) is 25.8 Å². The van der Waals surface area contributed by atoms with E-state index in [4.69, 9.17) is 0 Å². The molecule has 19 heavy (non-hydrogen) atoms. The second-order valence-corrected chi connectivity index (χ2v) is 5.00. The minimum absolute atomic E-state index is 0.0773. The molecule has 106 valence electrons. The molecular weight excluding hydrogens is 244 g/mol. The Bertz CT molecular complexity index is 413. The molecule has 5 nitrogen and oxygen atoms in total. The lowest BCUT2D eigenvalue weighted by atomic mass is 9.86. The molecule has 0 aromatic rings. The average molecular weight is 266 g/mol. The number of hydrogen-bond donors (Lipinski definition) is 2. The molecule has 2 N–H and O–H groups in total. The van der Waals surface area contributed by atoms with Crippen LogP contribution in [0.15, 0.2) is 23.8 Å². The van der Waals surface area contributed by atoms with E-state index in [1.165, 1.54) is 0 Å². The third-order valence-corrected chi connectivity index (χ3v) is 3.60. The summed E-state index contributed by atoms with van der Waals surface area (Å²) in [4.78, 5) is 25.3. The van der Waals surface area contributed by atoms with Gasteiger partial charge in [-0.25, -0.2) is 4.79 Å². The SMILES string of the molecule is C=CC/C(C(=O)O)=C(\C1CCNC1=O)C(C)N(C)C. The van der Waals surface area contributed by atoms with Crippen molar-refractivity contribution in [2.24, 2.45) is 5.92 Å². The quantitative estimate of drug-likeness (QED) is 0.556. The fourth-order valence-corrected chi connectivity index (χ4v) is 2.40. The fraction of sp³-hybridized carbons (Fsp3) is 0.571. The van der Waals surface area contributed by atoms with Crippen LogP contribution in [0.3, 0.4) is 0 Å². The van der Waals surface area contributed by atoms with Gasteiger partial charge in [-0.1, -0.05) is 6.08 Å². The van der Waals surface area contributed by atoms with Crippen molar-refractivity contribution >= 4 is 11.9 Å². The number of nitrogens with zero attached hydrogens (tertiary/aromatic N) is 1. The Morgan fingerprint density at radius 1 is 1.63 bits per heavy atom. The van der Waals surface area contributed by atoms with Crippen LogP contribution in [0.1, 0.15) is 19.8 Å². The van der Waals surface area contributed by atoms with E-state index in [-0.39, 0.29) is 24.3 Å². The van der Waals surface area contributed by atoms with E-state index in [0.717, 1.165) is 0 Å². The Kier molecular flexibility index (Phi) is 5.30. The molecule has 5 heteroatoms. The van der Waals surface area contributed by atoms with E-state index >= 15 is 0 Å². The number of carbonyl (C=O) groups excluding carboxylic acids is 1. The van der Waals surface area contributed by atoms with Gasteiger partial charge in [0.1, 0.15) is 0 Å². The Hall–Kier alpha value is -1.62. The van der Waals surface area contributed by atoms with Crippen LogP contribution in [-0.4, -0.2) is 48.6 Å². The smallest absolute Gasteiger partial charge is 0.331 e. The number of hydrogen-bond acceptors (Lipinski definition) is 3. The van der Waals surface area contributed by atoms with Gasteiger partial charge in [0.25, 0.3) is 0 Å². The Morgan fingerprint density at radius 3 is 2.63 bits per heavy atom. The van der Waals surface area contributed by atoms with Crippen LogP contribution in [0.2, 0.25) is 0 Å². The van der Waals surface area contributed by atoms with E-state index in [0.29, 0.717) is 24.1 Å². The third-order valence-electron chi connectivity index (χ3n) is 3.60. The molecule has 1 heterocycles. The highest BCUT2D eigenvalue weighted by Gasteiger charge is 2.34. The molecule has 1 saturated heterocycles. The third kappa shape index (κ3) is 3.44. The van der Waals surface area contributed by atoms with Crippen LogP contribution >= 0.6 is 0 Å². The zero-order valence-corrected chi connectivity index (χ0v) is 11.8. The van der Waals surface area contributed by atoms with Crippen LogP contribution in [0.4, 0.5) is 0 Å². The van der Waals surface area contributed by atoms with E-state index in [1.54, 1.807) is 6.08 Å². The number of carboxylic acids is 1. The monoisotopic (exact) mass is 266 g/mol. The van der Waals surface area contributed by atoms with Crippen LogP contribution < -0.4 is 5.32 Å². The minimum Gasteiger partial charge on any atom is -0.478 e. The maximum absolute atomic E-state index is 11.9. The van der Waals surface area contributed by atoms with Gasteiger partial charge in [0, 0.05) is 18.2 Å². The standard InChI is InChI=1S/C14H22N2O3/c1-5-6-11(14(18)19)12(9(2)16(3)4)10-7-8-15-13(10)17/h5,9-10H,1,6-8H2,2-4H3,(H,15,17)(H,18,19)/b12-11+. The van der Waals surface area contributed by atoms with E-state index < -0.39 is 5.97 Å². The largest absolute Gasteiger partial charge is 0.478 e. The molecule has 1 aliphatic heterocycles. The molecule has 2 atom stereocenters. The Morgan fingerprint density at radius 2 is 2.26 bits per heavy atom. The molecule has 0 spiro atoms. The number of carbonyl (C=O) groups is 2. The first-order chi connectivity index (χ1) is 8.90. The number of rotatable bonds is 6. The first-order valence-corrected chi connectivity index (χ1v) is 6.41. The van der Waals surface area contributed by atoms with Gasteiger partial charge >= 0.3 is 5.97 Å². The zero-order valence-electron chi connectivity index (χ0n) is 11.8. The van der Waals surface area contributed by atoms with Crippen LogP contribution in [-0.2, 0) is 9.59 Å². The fourth-order valence-electron chi connectivity index (χ4n) is 2.40. The van der Waals surface area contributed by atoms with Crippen molar-refractivity contribution in [1.82, 2.24) is 10.2 Å². The highest BCUT2D eigenvalue weighted by Crippen LogP contribution is 2.29. The van der Waals surface area contributed by atoms with Crippen molar-refractivity contribution in [1.29, 1.82) is 0 Å². The van der Waals surface area contributed by atoms with Gasteiger partial charge in [0.2, 0.25) is 5.91 Å². The normalized spacial score (nSPS) is 21.9. The number of aliphatic carboxylic acids is 1.